The van der Waals surface area contributed by atoms with E-state index < -0.39 is 0 Å². The average molecular weight is 636 g/mol. The van der Waals surface area contributed by atoms with E-state index in [9.17, 15) is 0 Å². The first-order valence-electron chi connectivity index (χ1n) is 16.2. The van der Waals surface area contributed by atoms with Gasteiger partial charge in [0.25, 0.3) is 0 Å². The van der Waals surface area contributed by atoms with Crippen LogP contribution in [0.3, 0.4) is 0 Å². The average Bonchev–Trinajstić information content (AvgIpc) is 2.88. The van der Waals surface area contributed by atoms with Gasteiger partial charge in [-0.3, -0.25) is 0 Å². The van der Waals surface area contributed by atoms with E-state index in [4.69, 9.17) is 9.59 Å². The van der Waals surface area contributed by atoms with E-state index in [-0.39, 0.29) is 16.5 Å². The number of hydrogen-bond acceptors (Lipinski definition) is 2. The molecule has 0 atom stereocenters. The van der Waals surface area contributed by atoms with Gasteiger partial charge in [-0.05, 0) is 74.0 Å². The topological polar surface area (TPSA) is 34.1 Å². The Morgan fingerprint density at radius 2 is 0.538 bits per heavy atom. The van der Waals surface area contributed by atoms with Crippen molar-refractivity contribution < 1.29 is 26.1 Å². The largest absolute Gasteiger partial charge is 0.307 e. The minimum absolute atomic E-state index is 0. The quantitative estimate of drug-likeness (QED) is 0.0601. The van der Waals surface area contributed by atoms with Crippen molar-refractivity contribution in [3.05, 3.63) is 0 Å². The molecule has 0 aromatic heterocycles. The molecule has 0 aliphatic carbocycles. The minimum Gasteiger partial charge on any atom is -0.307 e. The molecule has 0 spiro atoms. The molecule has 0 N–H and O–H groups in total. The van der Waals surface area contributed by atoms with Crippen LogP contribution in [0.2, 0.25) is 0 Å². The second-order valence-corrected chi connectivity index (χ2v) is 15.5. The van der Waals surface area contributed by atoms with Crippen molar-refractivity contribution in [2.24, 2.45) is 23.7 Å². The van der Waals surface area contributed by atoms with Gasteiger partial charge in [-0.25, -0.2) is 0 Å². The third-order valence-corrected chi connectivity index (χ3v) is 9.37. The molecule has 0 rings (SSSR count). The van der Waals surface area contributed by atoms with Gasteiger partial charge in [0.1, 0.15) is 13.6 Å². The van der Waals surface area contributed by atoms with Crippen molar-refractivity contribution in [2.75, 3.05) is 24.6 Å². The van der Waals surface area contributed by atoms with Gasteiger partial charge >= 0.3 is 0 Å². The Labute approximate surface area is 262 Å². The van der Waals surface area contributed by atoms with E-state index in [2.05, 4.69) is 55.4 Å². The van der Waals surface area contributed by atoms with E-state index in [1.807, 2.05) is 13.6 Å². The van der Waals surface area contributed by atoms with E-state index in [0.717, 1.165) is 23.7 Å². The van der Waals surface area contributed by atoms with Crippen LogP contribution >= 0.6 is 17.2 Å². The fourth-order valence-electron chi connectivity index (χ4n) is 4.17. The number of carbonyl (C=O) groups excluding carboxylic acids is 2. The summed E-state index contributed by atoms with van der Waals surface area (Å²) in [6.07, 6.45) is 29.4. The molecule has 0 fully saturated rings. The summed E-state index contributed by atoms with van der Waals surface area (Å²) in [7, 11) is 2.49. The second kappa shape index (κ2) is 45.7. The van der Waals surface area contributed by atoms with Crippen LogP contribution < -0.4 is 0 Å². The van der Waals surface area contributed by atoms with Crippen LogP contribution in [0.25, 0.3) is 0 Å². The van der Waals surface area contributed by atoms with Gasteiger partial charge in [-0.2, -0.15) is 0 Å². The van der Waals surface area contributed by atoms with Gasteiger partial charge in [-0.15, -0.1) is 17.2 Å². The zero-order chi connectivity index (χ0) is 29.9. The fourth-order valence-corrected chi connectivity index (χ4v) is 6.67. The van der Waals surface area contributed by atoms with Gasteiger partial charge in [0.15, 0.2) is 0 Å². The Balaban J connectivity index is -0.000000171. The normalized spacial score (nSPS) is 10.4. The molecular formula is C34H74NiO2P2. The van der Waals surface area contributed by atoms with Crippen LogP contribution in [0, 0.1) is 23.7 Å². The Morgan fingerprint density at radius 3 is 0.692 bits per heavy atom. The maximum atomic E-state index is 8.00. The van der Waals surface area contributed by atoms with Crippen LogP contribution in [0.15, 0.2) is 0 Å². The standard InChI is InChI=1S/2C16H35P.2CH2O.Ni/c2*1-15(2)11-7-5-9-13-17-14-10-6-8-12-16(3)4;2*1-2;/h2*15-17H,5-14H2,1-4H3;2*1H2;. The predicted octanol–water partition coefficient (Wildman–Crippen LogP) is 11.8. The van der Waals surface area contributed by atoms with Crippen LogP contribution in [0.4, 0.5) is 0 Å². The minimum atomic E-state index is 0. The Kier molecular flexibility index (Phi) is 57.8. The molecule has 0 aliphatic heterocycles. The van der Waals surface area contributed by atoms with Crippen molar-refractivity contribution >= 4 is 30.7 Å². The molecule has 0 saturated heterocycles. The van der Waals surface area contributed by atoms with Crippen LogP contribution in [-0.2, 0) is 26.1 Å². The number of unbranched alkanes of at least 4 members (excludes halogenated alkanes) is 8. The maximum absolute atomic E-state index is 8.00. The molecule has 2 nitrogen and oxygen atoms in total. The molecule has 0 unspecified atom stereocenters. The molecule has 39 heavy (non-hydrogen) atoms. The number of carbonyl (C=O) groups is 2. The molecule has 0 bridgehead atoms. The SMILES string of the molecule is C=O.C=O.CC(C)CCCCCPCCCCCC(C)C.CC(C)CCCCCPCCCCCC(C)C.[Ni]. The first-order chi connectivity index (χ1) is 18.3. The summed E-state index contributed by atoms with van der Waals surface area (Å²) in [6, 6.07) is 0. The smallest absolute Gasteiger partial charge is 0.106 e. The Bertz CT molecular complexity index is 325. The van der Waals surface area contributed by atoms with E-state index >= 15 is 0 Å². The first-order valence-corrected chi connectivity index (χ1v) is 19.1. The van der Waals surface area contributed by atoms with Crippen LogP contribution in [0.1, 0.15) is 158 Å². The molecule has 0 amide bonds. The molecule has 0 aromatic carbocycles. The van der Waals surface area contributed by atoms with Crippen LogP contribution in [0.5, 0.6) is 0 Å². The summed E-state index contributed by atoms with van der Waals surface area (Å²) in [5.74, 6) is 3.61. The Hall–Kier alpha value is 0.694. The summed E-state index contributed by atoms with van der Waals surface area (Å²) < 4.78 is 0. The summed E-state index contributed by atoms with van der Waals surface area (Å²) in [5.41, 5.74) is 0. The monoisotopic (exact) mass is 634 g/mol. The molecule has 0 heterocycles. The Morgan fingerprint density at radius 1 is 0.359 bits per heavy atom. The van der Waals surface area contributed by atoms with E-state index in [1.165, 1.54) is 145 Å². The van der Waals surface area contributed by atoms with Gasteiger partial charge in [0.05, 0.1) is 0 Å². The summed E-state index contributed by atoms with van der Waals surface area (Å²) in [6.45, 7) is 22.7. The van der Waals surface area contributed by atoms with Crippen molar-refractivity contribution in [2.45, 2.75) is 158 Å². The second-order valence-electron chi connectivity index (χ2n) is 12.5. The summed E-state index contributed by atoms with van der Waals surface area (Å²) in [4.78, 5) is 16.0. The first kappa shape index (κ1) is 49.4. The predicted molar refractivity (Wildman–Crippen MR) is 184 cm³/mol. The van der Waals surface area contributed by atoms with E-state index in [1.54, 1.807) is 0 Å². The van der Waals surface area contributed by atoms with Crippen molar-refractivity contribution in [3.8, 4) is 0 Å². The van der Waals surface area contributed by atoms with Gasteiger partial charge in [0, 0.05) is 16.5 Å². The van der Waals surface area contributed by atoms with Gasteiger partial charge < -0.3 is 9.59 Å². The maximum Gasteiger partial charge on any atom is 0.106 e. The van der Waals surface area contributed by atoms with Crippen molar-refractivity contribution in [1.82, 2.24) is 0 Å². The number of rotatable bonds is 24. The fraction of sp³-hybridized carbons (Fsp3) is 0.941. The van der Waals surface area contributed by atoms with Crippen molar-refractivity contribution in [3.63, 3.8) is 0 Å². The third-order valence-electron chi connectivity index (χ3n) is 6.54. The molecule has 242 valence electrons. The van der Waals surface area contributed by atoms with Gasteiger partial charge in [-0.1, -0.05) is 132 Å². The molecule has 0 aliphatic rings. The molecule has 5 heteroatoms. The number of hydrogen-bond donors (Lipinski definition) is 0. The van der Waals surface area contributed by atoms with Crippen molar-refractivity contribution in [1.29, 1.82) is 0 Å². The molecular weight excluding hydrogens is 561 g/mol. The summed E-state index contributed by atoms with van der Waals surface area (Å²) >= 11 is 0. The molecule has 0 saturated carbocycles. The molecule has 0 radical (unpaired) electrons. The van der Waals surface area contributed by atoms with Crippen LogP contribution in [-0.4, -0.2) is 38.2 Å². The molecule has 0 aromatic rings. The van der Waals surface area contributed by atoms with Gasteiger partial charge in [0.2, 0.25) is 0 Å². The summed E-state index contributed by atoms with van der Waals surface area (Å²) in [5, 5.41) is 0. The zero-order valence-corrected chi connectivity index (χ0v) is 31.0. The third kappa shape index (κ3) is 63.3. The zero-order valence-electron chi connectivity index (χ0n) is 28.0. The van der Waals surface area contributed by atoms with E-state index in [0.29, 0.717) is 0 Å².